The van der Waals surface area contributed by atoms with Gasteiger partial charge in [0.05, 0.1) is 26.9 Å². The molecule has 0 amide bonds. The Bertz CT molecular complexity index is 1250. The summed E-state index contributed by atoms with van der Waals surface area (Å²) in [6.07, 6.45) is 0. The Kier molecular flexibility index (Phi) is 7.99. The molecular weight excluding hydrogens is 474 g/mol. The van der Waals surface area contributed by atoms with Crippen molar-refractivity contribution in [3.05, 3.63) is 58.3 Å². The summed E-state index contributed by atoms with van der Waals surface area (Å²) in [5.41, 5.74) is -1.28. The number of azo groups is 1. The molecule has 0 fully saturated rings. The Morgan fingerprint density at radius 1 is 1.13 bits per heavy atom. The summed E-state index contributed by atoms with van der Waals surface area (Å²) in [5.74, 6) is -2.04. The number of nitrogens with zero attached hydrogens (tertiary/aromatic N) is 5. The topological polar surface area (TPSA) is 219 Å². The monoisotopic (exact) mass is 486 g/mol. The van der Waals surface area contributed by atoms with Crippen molar-refractivity contribution in [1.29, 1.82) is 0 Å². The summed E-state index contributed by atoms with van der Waals surface area (Å²) in [6, 6.07) is 9.36. The van der Waals surface area contributed by atoms with Crippen LogP contribution in [-0.2, 0) is 27.5 Å². The number of hydrogen-bond donors (Lipinski definition) is 0. The molecule has 0 unspecified atom stereocenters. The molecule has 1 heterocycles. The Morgan fingerprint density at radius 3 is 2.29 bits per heavy atom. The molecule has 3 rings (SSSR count). The minimum atomic E-state index is -5.29. The van der Waals surface area contributed by atoms with Gasteiger partial charge in [0.15, 0.2) is 0 Å². The van der Waals surface area contributed by atoms with Crippen LogP contribution in [-0.4, -0.2) is 33.2 Å². The Balaban J connectivity index is 0.00000320. The van der Waals surface area contributed by atoms with E-state index in [4.69, 9.17) is 0 Å². The number of non-ortho nitro benzene ring substituents is 1. The summed E-state index contributed by atoms with van der Waals surface area (Å²) < 4.78 is 34.7. The average Bonchev–Trinajstić information content (AvgIpc) is 2.94. The van der Waals surface area contributed by atoms with Gasteiger partial charge in [0, 0.05) is 18.0 Å². The van der Waals surface area contributed by atoms with Crippen molar-refractivity contribution in [2.75, 3.05) is 0 Å². The smallest absolute Gasteiger partial charge is 0.870 e. The molecule has 31 heavy (non-hydrogen) atoms. The molecule has 1 N–H and O–H groups in total. The van der Waals surface area contributed by atoms with Crippen LogP contribution in [0.2, 0.25) is 0 Å². The van der Waals surface area contributed by atoms with Gasteiger partial charge in [-0.3, -0.25) is 10.1 Å². The second-order valence-electron chi connectivity index (χ2n) is 5.69. The number of nitro benzene ring substituents is 1. The number of hydrogen-bond acceptors (Lipinski definition) is 11. The van der Waals surface area contributed by atoms with Crippen molar-refractivity contribution < 1.29 is 52.4 Å². The minimum absolute atomic E-state index is 0. The SMILES string of the molecule is Cc1nn(-c2ccccc2)c([O-])c1N=Nc1cc([N+](=O)[O-])cc(S(=O)(=O)[O-])c1[O-].[Cr+3].[H+].[OH-]. The second-order valence-corrected chi connectivity index (χ2v) is 7.04. The van der Waals surface area contributed by atoms with Gasteiger partial charge in [-0.2, -0.15) is 10.2 Å². The number of benzene rings is 2. The first-order chi connectivity index (χ1) is 13.6. The fraction of sp³-hybridized carbons (Fsp3) is 0.0625. The van der Waals surface area contributed by atoms with E-state index in [0.717, 1.165) is 4.68 Å². The number of para-hydroxylation sites is 1. The first-order valence-corrected chi connectivity index (χ1v) is 9.19. The summed E-state index contributed by atoms with van der Waals surface area (Å²) >= 11 is 0. The summed E-state index contributed by atoms with van der Waals surface area (Å²) in [7, 11) is -5.29. The van der Waals surface area contributed by atoms with Gasteiger partial charge in [0.2, 0.25) is 0 Å². The van der Waals surface area contributed by atoms with Gasteiger partial charge in [-0.05, 0) is 19.1 Å². The number of aryl methyl sites for hydroxylation is 1. The fourth-order valence-electron chi connectivity index (χ4n) is 2.40. The van der Waals surface area contributed by atoms with Gasteiger partial charge < -0.3 is 20.2 Å². The first kappa shape index (κ1) is 25.7. The molecule has 3 aromatic rings. The van der Waals surface area contributed by atoms with Gasteiger partial charge >= 0.3 is 18.8 Å². The molecular formula is C16H12CrN5O8S. The molecule has 0 aliphatic heterocycles. The van der Waals surface area contributed by atoms with E-state index in [-0.39, 0.29) is 35.6 Å². The van der Waals surface area contributed by atoms with Crippen LogP contribution in [0.3, 0.4) is 0 Å². The van der Waals surface area contributed by atoms with Crippen LogP contribution >= 0.6 is 0 Å². The van der Waals surface area contributed by atoms with E-state index in [1.54, 1.807) is 30.3 Å². The maximum absolute atomic E-state index is 12.5. The second kappa shape index (κ2) is 9.64. The summed E-state index contributed by atoms with van der Waals surface area (Å²) in [4.78, 5) is 8.63. The van der Waals surface area contributed by atoms with Gasteiger partial charge in [0.1, 0.15) is 15.8 Å². The average molecular weight is 486 g/mol. The molecule has 13 nitrogen and oxygen atoms in total. The minimum Gasteiger partial charge on any atom is -0.870 e. The molecule has 0 aliphatic carbocycles. The normalized spacial score (nSPS) is 11.0. The molecule has 0 saturated heterocycles. The molecule has 0 saturated carbocycles. The molecule has 1 radical (unpaired) electrons. The van der Waals surface area contributed by atoms with E-state index in [1.807, 2.05) is 0 Å². The van der Waals surface area contributed by atoms with Crippen molar-refractivity contribution in [3.63, 3.8) is 0 Å². The molecule has 0 atom stereocenters. The zero-order valence-electron chi connectivity index (χ0n) is 16.4. The maximum atomic E-state index is 12.5. The van der Waals surface area contributed by atoms with Crippen molar-refractivity contribution in [3.8, 4) is 17.3 Å². The van der Waals surface area contributed by atoms with Gasteiger partial charge in [0.25, 0.3) is 5.69 Å². The zero-order chi connectivity index (χ0) is 21.3. The maximum Gasteiger partial charge on any atom is 3.00 e. The Labute approximate surface area is 187 Å². The van der Waals surface area contributed by atoms with E-state index in [1.165, 1.54) is 6.92 Å². The van der Waals surface area contributed by atoms with E-state index in [2.05, 4.69) is 15.3 Å². The van der Waals surface area contributed by atoms with E-state index >= 15 is 0 Å². The largest absolute Gasteiger partial charge is 3.00 e. The quantitative estimate of drug-likeness (QED) is 0.220. The standard InChI is InChI=1S/C16H13N5O7S.Cr.H2O/c1-9-14(16(23)20(19-9)10-5-3-2-4-6-10)18-17-12-7-11(21(24)25)8-13(15(12)22)29(26,27)28;;/h2-8,22-23H,1H3,(H,26,27,28);;1H2/q;+3;/p-3. The third-order valence-corrected chi connectivity index (χ3v) is 4.59. The van der Waals surface area contributed by atoms with E-state index in [0.29, 0.717) is 17.8 Å². The van der Waals surface area contributed by atoms with Gasteiger partial charge in [-0.15, -0.1) is 5.11 Å². The van der Waals surface area contributed by atoms with Crippen molar-refractivity contribution >= 4 is 27.2 Å². The van der Waals surface area contributed by atoms with Crippen LogP contribution < -0.4 is 10.2 Å². The number of aromatic nitrogens is 2. The molecule has 0 spiro atoms. The van der Waals surface area contributed by atoms with Crippen LogP contribution in [0, 0.1) is 17.0 Å². The predicted molar refractivity (Wildman–Crippen MR) is 95.5 cm³/mol. The molecule has 161 valence electrons. The van der Waals surface area contributed by atoms with Crippen LogP contribution in [0.4, 0.5) is 17.1 Å². The summed E-state index contributed by atoms with van der Waals surface area (Å²) in [6.45, 7) is 1.45. The Hall–Kier alpha value is -3.35. The molecule has 2 aromatic carbocycles. The van der Waals surface area contributed by atoms with Crippen LogP contribution in [0.1, 0.15) is 7.12 Å². The van der Waals surface area contributed by atoms with Gasteiger partial charge in [-0.25, -0.2) is 13.1 Å². The summed E-state index contributed by atoms with van der Waals surface area (Å²) in [5, 5.41) is 46.7. The van der Waals surface area contributed by atoms with E-state index in [9.17, 15) is 33.3 Å². The Morgan fingerprint density at radius 2 is 1.74 bits per heavy atom. The van der Waals surface area contributed by atoms with Crippen LogP contribution in [0.15, 0.2) is 57.6 Å². The first-order valence-electron chi connectivity index (χ1n) is 7.78. The van der Waals surface area contributed by atoms with Crippen LogP contribution in [0.25, 0.3) is 5.69 Å². The molecule has 0 aliphatic rings. The van der Waals surface area contributed by atoms with Crippen LogP contribution in [0.5, 0.6) is 11.6 Å². The number of rotatable bonds is 5. The van der Waals surface area contributed by atoms with Crippen molar-refractivity contribution in [2.45, 2.75) is 11.8 Å². The third-order valence-electron chi connectivity index (χ3n) is 3.75. The van der Waals surface area contributed by atoms with Crippen molar-refractivity contribution in [1.82, 2.24) is 9.78 Å². The fourth-order valence-corrected chi connectivity index (χ4v) is 3.00. The molecule has 1 aromatic heterocycles. The number of nitro groups is 1. The third kappa shape index (κ3) is 5.23. The molecule has 15 heteroatoms. The van der Waals surface area contributed by atoms with E-state index < -0.39 is 42.9 Å². The van der Waals surface area contributed by atoms with Crippen molar-refractivity contribution in [2.24, 2.45) is 10.2 Å². The van der Waals surface area contributed by atoms with Gasteiger partial charge in [-0.1, -0.05) is 23.9 Å². The molecule has 0 bridgehead atoms. The zero-order valence-corrected chi connectivity index (χ0v) is 17.5. The predicted octanol–water partition coefficient (Wildman–Crippen LogP) is 1.49.